The molecule has 0 saturated heterocycles. The minimum Gasteiger partial charge on any atom is -0.338 e. The molecule has 1 aromatic heterocycles. The van der Waals surface area contributed by atoms with E-state index in [1.165, 1.54) is 11.8 Å². The second-order valence-corrected chi connectivity index (χ2v) is 7.34. The molecule has 1 aromatic carbocycles. The van der Waals surface area contributed by atoms with Crippen molar-refractivity contribution in [2.75, 3.05) is 12.3 Å². The molecule has 140 valence electrons. The van der Waals surface area contributed by atoms with Gasteiger partial charge in [-0.3, -0.25) is 10.1 Å². The van der Waals surface area contributed by atoms with E-state index >= 15 is 0 Å². The predicted molar refractivity (Wildman–Crippen MR) is 102 cm³/mol. The summed E-state index contributed by atoms with van der Waals surface area (Å²) in [5.74, 6) is 1.08. The van der Waals surface area contributed by atoms with E-state index in [-0.39, 0.29) is 11.7 Å². The largest absolute Gasteiger partial charge is 0.338 e. The van der Waals surface area contributed by atoms with Gasteiger partial charge in [0, 0.05) is 20.0 Å². The number of carbonyl (C=O) groups is 2. The molecule has 0 unspecified atom stereocenters. The molecular weight excluding hydrogens is 350 g/mol. The Morgan fingerprint density at radius 3 is 2.62 bits per heavy atom. The Kier molecular flexibility index (Phi) is 7.65. The van der Waals surface area contributed by atoms with Crippen LogP contribution in [-0.4, -0.2) is 39.0 Å². The first-order valence-electron chi connectivity index (χ1n) is 8.58. The Hall–Kier alpha value is -2.35. The monoisotopic (exact) mass is 375 g/mol. The summed E-state index contributed by atoms with van der Waals surface area (Å²) in [6.45, 7) is 4.71. The molecule has 2 aromatic rings. The summed E-state index contributed by atoms with van der Waals surface area (Å²) < 4.78 is 1.87. The van der Waals surface area contributed by atoms with Gasteiger partial charge in [-0.15, -0.1) is 10.2 Å². The van der Waals surface area contributed by atoms with Crippen LogP contribution in [0, 0.1) is 5.92 Å². The molecule has 0 fully saturated rings. The molecule has 0 aliphatic heterocycles. The van der Waals surface area contributed by atoms with Gasteiger partial charge in [0.05, 0.1) is 5.75 Å². The second kappa shape index (κ2) is 9.96. The van der Waals surface area contributed by atoms with Crippen LogP contribution in [0.3, 0.4) is 0 Å². The Bertz CT molecular complexity index is 730. The van der Waals surface area contributed by atoms with Gasteiger partial charge in [-0.1, -0.05) is 55.9 Å². The molecule has 8 heteroatoms. The van der Waals surface area contributed by atoms with Gasteiger partial charge < -0.3 is 9.88 Å². The van der Waals surface area contributed by atoms with Crippen molar-refractivity contribution in [2.24, 2.45) is 13.0 Å². The van der Waals surface area contributed by atoms with Gasteiger partial charge in [-0.25, -0.2) is 4.79 Å². The Labute approximate surface area is 158 Å². The van der Waals surface area contributed by atoms with Crippen molar-refractivity contribution in [3.8, 4) is 0 Å². The number of nitrogens with zero attached hydrogens (tertiary/aromatic N) is 3. The van der Waals surface area contributed by atoms with Crippen LogP contribution in [0.15, 0.2) is 35.5 Å². The number of hydrogen-bond acceptors (Lipinski definition) is 5. The highest BCUT2D eigenvalue weighted by molar-refractivity contribution is 7.99. The SMILES string of the molecule is CC(C)CCNC(=O)NC(=O)CSc1nnc(Cc2ccccc2)n1C. The van der Waals surface area contributed by atoms with E-state index in [4.69, 9.17) is 0 Å². The highest BCUT2D eigenvalue weighted by Gasteiger charge is 2.13. The van der Waals surface area contributed by atoms with Crippen LogP contribution in [0.5, 0.6) is 0 Å². The zero-order valence-electron chi connectivity index (χ0n) is 15.4. The second-order valence-electron chi connectivity index (χ2n) is 6.40. The van der Waals surface area contributed by atoms with Crippen molar-refractivity contribution < 1.29 is 9.59 Å². The lowest BCUT2D eigenvalue weighted by Crippen LogP contribution is -2.40. The maximum absolute atomic E-state index is 11.9. The summed E-state index contributed by atoms with van der Waals surface area (Å²) in [6.07, 6.45) is 1.55. The number of nitrogens with one attached hydrogen (secondary N) is 2. The summed E-state index contributed by atoms with van der Waals surface area (Å²) >= 11 is 1.25. The van der Waals surface area contributed by atoms with Crippen LogP contribution in [0.25, 0.3) is 0 Å². The van der Waals surface area contributed by atoms with E-state index in [1.54, 1.807) is 0 Å². The third kappa shape index (κ3) is 6.51. The van der Waals surface area contributed by atoms with Crippen LogP contribution in [0.1, 0.15) is 31.7 Å². The van der Waals surface area contributed by atoms with E-state index in [2.05, 4.69) is 34.7 Å². The normalized spacial score (nSPS) is 10.8. The first-order valence-corrected chi connectivity index (χ1v) is 9.57. The molecule has 0 spiro atoms. The molecule has 0 bridgehead atoms. The number of carbonyl (C=O) groups excluding carboxylic acids is 2. The standard InChI is InChI=1S/C18H25N5O2S/c1-13(2)9-10-19-17(25)20-16(24)12-26-18-22-21-15(23(18)3)11-14-7-5-4-6-8-14/h4-8,13H,9-12H2,1-3H3,(H2,19,20,24,25). The molecule has 1 heterocycles. The highest BCUT2D eigenvalue weighted by Crippen LogP contribution is 2.17. The number of rotatable bonds is 8. The fourth-order valence-corrected chi connectivity index (χ4v) is 2.94. The average molecular weight is 375 g/mol. The third-order valence-corrected chi connectivity index (χ3v) is 4.74. The summed E-state index contributed by atoms with van der Waals surface area (Å²) in [7, 11) is 1.87. The lowest BCUT2D eigenvalue weighted by molar-refractivity contribution is -0.117. The minimum atomic E-state index is -0.459. The van der Waals surface area contributed by atoms with Gasteiger partial charge in [0.2, 0.25) is 5.91 Å². The highest BCUT2D eigenvalue weighted by atomic mass is 32.2. The fourth-order valence-electron chi connectivity index (χ4n) is 2.21. The fraction of sp³-hybridized carbons (Fsp3) is 0.444. The van der Waals surface area contributed by atoms with Crippen molar-refractivity contribution in [3.63, 3.8) is 0 Å². The number of thioether (sulfide) groups is 1. The average Bonchev–Trinajstić information content (AvgIpc) is 2.94. The first kappa shape index (κ1) is 20.0. The molecule has 2 rings (SSSR count). The van der Waals surface area contributed by atoms with Gasteiger partial charge >= 0.3 is 6.03 Å². The Balaban J connectivity index is 1.78. The van der Waals surface area contributed by atoms with E-state index < -0.39 is 6.03 Å². The van der Waals surface area contributed by atoms with Crippen LogP contribution >= 0.6 is 11.8 Å². The van der Waals surface area contributed by atoms with Crippen LogP contribution in [-0.2, 0) is 18.3 Å². The molecule has 0 atom stereocenters. The van der Waals surface area contributed by atoms with Crippen molar-refractivity contribution in [2.45, 2.75) is 31.8 Å². The van der Waals surface area contributed by atoms with Crippen LogP contribution < -0.4 is 10.6 Å². The van der Waals surface area contributed by atoms with Crippen LogP contribution in [0.2, 0.25) is 0 Å². The summed E-state index contributed by atoms with van der Waals surface area (Å²) in [5.41, 5.74) is 1.15. The topological polar surface area (TPSA) is 88.9 Å². The summed E-state index contributed by atoms with van der Waals surface area (Å²) in [6, 6.07) is 9.55. The molecule has 0 aliphatic carbocycles. The Morgan fingerprint density at radius 2 is 1.92 bits per heavy atom. The van der Waals surface area contributed by atoms with E-state index in [0.717, 1.165) is 17.8 Å². The minimum absolute atomic E-state index is 0.106. The van der Waals surface area contributed by atoms with Crippen molar-refractivity contribution >= 4 is 23.7 Å². The number of hydrogen-bond donors (Lipinski definition) is 2. The first-order chi connectivity index (χ1) is 12.5. The van der Waals surface area contributed by atoms with Gasteiger partial charge in [0.15, 0.2) is 5.16 Å². The van der Waals surface area contributed by atoms with Gasteiger partial charge in [0.25, 0.3) is 0 Å². The quantitative estimate of drug-likeness (QED) is 0.692. The molecule has 0 radical (unpaired) electrons. The van der Waals surface area contributed by atoms with E-state index in [0.29, 0.717) is 24.0 Å². The maximum atomic E-state index is 11.9. The number of amides is 3. The number of imide groups is 1. The molecule has 26 heavy (non-hydrogen) atoms. The lowest BCUT2D eigenvalue weighted by atomic mass is 10.1. The smallest absolute Gasteiger partial charge is 0.321 e. The Morgan fingerprint density at radius 1 is 1.19 bits per heavy atom. The van der Waals surface area contributed by atoms with Gasteiger partial charge in [-0.05, 0) is 17.9 Å². The summed E-state index contributed by atoms with van der Waals surface area (Å²) in [5, 5.41) is 14.0. The zero-order valence-corrected chi connectivity index (χ0v) is 16.2. The molecule has 3 amide bonds. The lowest BCUT2D eigenvalue weighted by Gasteiger charge is -2.08. The predicted octanol–water partition coefficient (Wildman–Crippen LogP) is 2.37. The van der Waals surface area contributed by atoms with Crippen molar-refractivity contribution in [1.82, 2.24) is 25.4 Å². The van der Waals surface area contributed by atoms with Crippen LogP contribution in [0.4, 0.5) is 4.79 Å². The molecule has 0 saturated carbocycles. The van der Waals surface area contributed by atoms with Crippen molar-refractivity contribution in [3.05, 3.63) is 41.7 Å². The van der Waals surface area contributed by atoms with E-state index in [9.17, 15) is 9.59 Å². The zero-order chi connectivity index (χ0) is 18.9. The molecule has 7 nitrogen and oxygen atoms in total. The number of urea groups is 1. The van der Waals surface area contributed by atoms with Gasteiger partial charge in [0.1, 0.15) is 5.82 Å². The molecule has 2 N–H and O–H groups in total. The van der Waals surface area contributed by atoms with E-state index in [1.807, 2.05) is 41.9 Å². The third-order valence-electron chi connectivity index (χ3n) is 3.72. The number of aromatic nitrogens is 3. The molecular formula is C18H25N5O2S. The number of benzene rings is 1. The van der Waals surface area contributed by atoms with Gasteiger partial charge in [-0.2, -0.15) is 0 Å². The van der Waals surface area contributed by atoms with Crippen molar-refractivity contribution in [1.29, 1.82) is 0 Å². The molecule has 0 aliphatic rings. The maximum Gasteiger partial charge on any atom is 0.321 e. The summed E-state index contributed by atoms with van der Waals surface area (Å²) in [4.78, 5) is 23.5.